The van der Waals surface area contributed by atoms with E-state index in [0.29, 0.717) is 4.88 Å². The van der Waals surface area contributed by atoms with Crippen LogP contribution in [0.5, 0.6) is 5.75 Å². The average Bonchev–Trinajstić information content (AvgIpc) is 2.83. The fourth-order valence-corrected chi connectivity index (χ4v) is 2.92. The van der Waals surface area contributed by atoms with Crippen molar-refractivity contribution in [2.24, 2.45) is 5.73 Å². The van der Waals surface area contributed by atoms with E-state index in [1.165, 1.54) is 17.4 Å². The van der Waals surface area contributed by atoms with Crippen molar-refractivity contribution in [1.82, 2.24) is 0 Å². The normalized spacial score (nSPS) is 13.5. The van der Waals surface area contributed by atoms with E-state index in [9.17, 15) is 18.3 Å². The standard InChI is InChI=1S/C12H9BrF3NOS/c13-6-4-7(10(17)9-2-1-3-19-9)11(18)8(5-6)12(14,15)16/h1-5,10,18H,17H2/t10-/m1/s1. The Kier molecular flexibility index (Phi) is 3.89. The Morgan fingerprint density at radius 3 is 2.53 bits per heavy atom. The minimum absolute atomic E-state index is 0.0455. The number of halogens is 4. The molecular formula is C12H9BrF3NOS. The maximum absolute atomic E-state index is 12.8. The number of rotatable bonds is 2. The van der Waals surface area contributed by atoms with Crippen molar-refractivity contribution in [1.29, 1.82) is 0 Å². The number of thiophene rings is 1. The second-order valence-corrected chi connectivity index (χ2v) is 5.78. The van der Waals surface area contributed by atoms with Crippen molar-refractivity contribution in [3.05, 3.63) is 50.1 Å². The summed E-state index contributed by atoms with van der Waals surface area (Å²) < 4.78 is 38.6. The number of alkyl halides is 3. The molecule has 1 aromatic carbocycles. The van der Waals surface area contributed by atoms with E-state index < -0.39 is 23.5 Å². The van der Waals surface area contributed by atoms with Crippen LogP contribution in [0.1, 0.15) is 22.0 Å². The summed E-state index contributed by atoms with van der Waals surface area (Å²) in [6, 6.07) is 4.90. The Labute approximate surface area is 119 Å². The van der Waals surface area contributed by atoms with Crippen molar-refractivity contribution in [2.75, 3.05) is 0 Å². The van der Waals surface area contributed by atoms with Crippen LogP contribution in [-0.2, 0) is 6.18 Å². The Hall–Kier alpha value is -1.05. The Morgan fingerprint density at radius 1 is 1.32 bits per heavy atom. The fraction of sp³-hybridized carbons (Fsp3) is 0.167. The van der Waals surface area contributed by atoms with Gasteiger partial charge in [-0.25, -0.2) is 0 Å². The summed E-state index contributed by atoms with van der Waals surface area (Å²) in [4.78, 5) is 0.682. The second kappa shape index (κ2) is 5.15. The summed E-state index contributed by atoms with van der Waals surface area (Å²) in [7, 11) is 0. The van der Waals surface area contributed by atoms with Gasteiger partial charge < -0.3 is 10.8 Å². The summed E-state index contributed by atoms with van der Waals surface area (Å²) in [6.45, 7) is 0. The first-order valence-electron chi connectivity index (χ1n) is 5.19. The molecule has 0 unspecified atom stereocenters. The Balaban J connectivity index is 2.55. The van der Waals surface area contributed by atoms with Gasteiger partial charge in [-0.3, -0.25) is 0 Å². The van der Waals surface area contributed by atoms with E-state index in [-0.39, 0.29) is 10.0 Å². The maximum Gasteiger partial charge on any atom is 0.420 e. The number of hydrogen-bond acceptors (Lipinski definition) is 3. The summed E-state index contributed by atoms with van der Waals surface area (Å²) in [5, 5.41) is 11.6. The zero-order valence-electron chi connectivity index (χ0n) is 9.41. The third-order valence-corrected chi connectivity index (χ3v) is 4.01. The van der Waals surface area contributed by atoms with Gasteiger partial charge in [-0.05, 0) is 23.6 Å². The van der Waals surface area contributed by atoms with Gasteiger partial charge in [0.2, 0.25) is 0 Å². The van der Waals surface area contributed by atoms with E-state index in [0.717, 1.165) is 6.07 Å². The molecule has 3 N–H and O–H groups in total. The molecular weight excluding hydrogens is 343 g/mol. The molecule has 1 atom stereocenters. The van der Waals surface area contributed by atoms with E-state index in [4.69, 9.17) is 5.73 Å². The van der Waals surface area contributed by atoms with Crippen LogP contribution in [0.4, 0.5) is 13.2 Å². The van der Waals surface area contributed by atoms with Crippen molar-refractivity contribution < 1.29 is 18.3 Å². The molecule has 0 aliphatic carbocycles. The molecule has 102 valence electrons. The van der Waals surface area contributed by atoms with E-state index in [1.54, 1.807) is 17.5 Å². The van der Waals surface area contributed by atoms with Crippen molar-refractivity contribution in [3.8, 4) is 5.75 Å². The van der Waals surface area contributed by atoms with Crippen LogP contribution in [-0.4, -0.2) is 5.11 Å². The molecule has 0 spiro atoms. The van der Waals surface area contributed by atoms with Gasteiger partial charge in [-0.2, -0.15) is 13.2 Å². The number of phenols is 1. The minimum Gasteiger partial charge on any atom is -0.507 e. The largest absolute Gasteiger partial charge is 0.507 e. The van der Waals surface area contributed by atoms with Crippen LogP contribution in [0.3, 0.4) is 0 Å². The molecule has 0 aliphatic rings. The molecule has 19 heavy (non-hydrogen) atoms. The van der Waals surface area contributed by atoms with Gasteiger partial charge >= 0.3 is 6.18 Å². The third kappa shape index (κ3) is 2.93. The lowest BCUT2D eigenvalue weighted by molar-refractivity contribution is -0.138. The fourth-order valence-electron chi connectivity index (χ4n) is 1.69. The van der Waals surface area contributed by atoms with Gasteiger partial charge in [0, 0.05) is 14.9 Å². The lowest BCUT2D eigenvalue weighted by atomic mass is 10.0. The van der Waals surface area contributed by atoms with Crippen molar-refractivity contribution >= 4 is 27.3 Å². The molecule has 0 saturated heterocycles. The van der Waals surface area contributed by atoms with Crippen LogP contribution in [0.25, 0.3) is 0 Å². The predicted molar refractivity (Wildman–Crippen MR) is 71.2 cm³/mol. The summed E-state index contributed by atoms with van der Waals surface area (Å²) in [6.07, 6.45) is -4.63. The van der Waals surface area contributed by atoms with Crippen LogP contribution in [0.15, 0.2) is 34.1 Å². The molecule has 0 bridgehead atoms. The maximum atomic E-state index is 12.8. The van der Waals surface area contributed by atoms with E-state index in [2.05, 4.69) is 15.9 Å². The van der Waals surface area contributed by atoms with Gasteiger partial charge in [0.1, 0.15) is 5.75 Å². The molecule has 1 heterocycles. The predicted octanol–water partition coefficient (Wildman–Crippen LogP) is 4.28. The summed E-state index contributed by atoms with van der Waals surface area (Å²) in [5.41, 5.74) is 4.86. The molecule has 0 amide bonds. The second-order valence-electron chi connectivity index (χ2n) is 3.88. The van der Waals surface area contributed by atoms with Gasteiger partial charge in [0.15, 0.2) is 0 Å². The lowest BCUT2D eigenvalue weighted by Gasteiger charge is -2.17. The van der Waals surface area contributed by atoms with E-state index >= 15 is 0 Å². The number of hydrogen-bond donors (Lipinski definition) is 2. The number of nitrogens with two attached hydrogens (primary N) is 1. The first-order valence-corrected chi connectivity index (χ1v) is 6.86. The molecule has 0 saturated carbocycles. The SMILES string of the molecule is N[C@@H](c1cccs1)c1cc(Br)cc(C(F)(F)F)c1O. The monoisotopic (exact) mass is 351 g/mol. The van der Waals surface area contributed by atoms with Gasteiger partial charge in [-0.1, -0.05) is 22.0 Å². The molecule has 1 aromatic heterocycles. The summed E-state index contributed by atoms with van der Waals surface area (Å²) in [5.74, 6) is -0.823. The van der Waals surface area contributed by atoms with Gasteiger partial charge in [0.05, 0.1) is 11.6 Å². The van der Waals surface area contributed by atoms with Gasteiger partial charge in [-0.15, -0.1) is 11.3 Å². The van der Waals surface area contributed by atoms with E-state index in [1.807, 2.05) is 0 Å². The molecule has 7 heteroatoms. The summed E-state index contributed by atoms with van der Waals surface area (Å²) >= 11 is 4.33. The van der Waals surface area contributed by atoms with Crippen molar-refractivity contribution in [3.63, 3.8) is 0 Å². The minimum atomic E-state index is -4.63. The van der Waals surface area contributed by atoms with Crippen LogP contribution >= 0.6 is 27.3 Å². The average molecular weight is 352 g/mol. The number of aromatic hydroxyl groups is 1. The molecule has 0 radical (unpaired) electrons. The highest BCUT2D eigenvalue weighted by Crippen LogP contribution is 2.42. The first kappa shape index (κ1) is 14.4. The number of phenolic OH excluding ortho intramolecular Hbond substituents is 1. The highest BCUT2D eigenvalue weighted by atomic mass is 79.9. The van der Waals surface area contributed by atoms with Crippen molar-refractivity contribution in [2.45, 2.75) is 12.2 Å². The Bertz CT molecular complexity index is 583. The molecule has 2 rings (SSSR count). The third-order valence-electron chi connectivity index (χ3n) is 2.59. The zero-order valence-corrected chi connectivity index (χ0v) is 11.8. The molecule has 0 fully saturated rings. The number of benzene rings is 1. The zero-order chi connectivity index (χ0) is 14.2. The van der Waals surface area contributed by atoms with Crippen LogP contribution in [0.2, 0.25) is 0 Å². The van der Waals surface area contributed by atoms with Crippen LogP contribution < -0.4 is 5.73 Å². The molecule has 2 nitrogen and oxygen atoms in total. The lowest BCUT2D eigenvalue weighted by Crippen LogP contribution is -2.13. The highest BCUT2D eigenvalue weighted by Gasteiger charge is 2.36. The molecule has 0 aliphatic heterocycles. The Morgan fingerprint density at radius 2 is 2.00 bits per heavy atom. The van der Waals surface area contributed by atoms with Gasteiger partial charge in [0.25, 0.3) is 0 Å². The van der Waals surface area contributed by atoms with Crippen LogP contribution in [0, 0.1) is 0 Å². The molecule has 2 aromatic rings. The highest BCUT2D eigenvalue weighted by molar-refractivity contribution is 9.10. The smallest absolute Gasteiger partial charge is 0.420 e. The topological polar surface area (TPSA) is 46.2 Å². The quantitative estimate of drug-likeness (QED) is 0.847. The first-order chi connectivity index (χ1) is 8.80.